The van der Waals surface area contributed by atoms with Crippen molar-refractivity contribution in [3.8, 4) is 0 Å². The first-order valence-corrected chi connectivity index (χ1v) is 5.07. The predicted octanol–water partition coefficient (Wildman–Crippen LogP) is 4.05. The highest BCUT2D eigenvalue weighted by molar-refractivity contribution is 4.65. The Hall–Kier alpha value is -0.0700. The number of hydrogen-bond donors (Lipinski definition) is 0. The van der Waals surface area contributed by atoms with E-state index in [0.29, 0.717) is 5.92 Å². The van der Waals surface area contributed by atoms with E-state index in [1.54, 1.807) is 6.92 Å². The Labute approximate surface area is 76.6 Å². The molecule has 0 aliphatic heterocycles. The van der Waals surface area contributed by atoms with Crippen molar-refractivity contribution in [2.75, 3.05) is 0 Å². The Balaban J connectivity index is 3.61. The molecule has 0 spiro atoms. The van der Waals surface area contributed by atoms with Gasteiger partial charge in [0.2, 0.25) is 0 Å². The molecular weight excluding hydrogens is 151 g/mol. The average Bonchev–Trinajstić information content (AvgIpc) is 1.84. The molecule has 0 aliphatic carbocycles. The molecule has 0 nitrogen and oxygen atoms in total. The molecule has 1 heteroatoms. The molecule has 0 aromatic rings. The summed E-state index contributed by atoms with van der Waals surface area (Å²) in [5, 5.41) is 0. The van der Waals surface area contributed by atoms with Gasteiger partial charge in [0.15, 0.2) is 0 Å². The lowest BCUT2D eigenvalue weighted by atomic mass is 9.89. The summed E-state index contributed by atoms with van der Waals surface area (Å²) in [4.78, 5) is 0. The van der Waals surface area contributed by atoms with Crippen LogP contribution < -0.4 is 0 Å². The predicted molar refractivity (Wildman–Crippen MR) is 53.0 cm³/mol. The Kier molecular flexibility index (Phi) is 5.52. The van der Waals surface area contributed by atoms with Gasteiger partial charge in [0, 0.05) is 0 Å². The van der Waals surface area contributed by atoms with E-state index in [4.69, 9.17) is 0 Å². The molecule has 0 saturated heterocycles. The molecule has 0 aromatic carbocycles. The molecular formula is C11H23F. The number of halogens is 1. The fraction of sp³-hybridized carbons (Fsp3) is 1.00. The molecule has 0 rings (SSSR count). The maximum Gasteiger partial charge on any atom is 0.0999 e. The topological polar surface area (TPSA) is 0 Å². The van der Waals surface area contributed by atoms with Gasteiger partial charge in [-0.15, -0.1) is 0 Å². The smallest absolute Gasteiger partial charge is 0.0999 e. The van der Waals surface area contributed by atoms with Crippen molar-refractivity contribution in [2.24, 2.45) is 17.8 Å². The zero-order valence-electron chi connectivity index (χ0n) is 9.10. The third-order valence-electron chi connectivity index (χ3n) is 2.43. The first-order valence-electron chi connectivity index (χ1n) is 5.07. The fourth-order valence-electron chi connectivity index (χ4n) is 1.72. The van der Waals surface area contributed by atoms with Gasteiger partial charge in [0.05, 0.1) is 6.17 Å². The van der Waals surface area contributed by atoms with Gasteiger partial charge in [0.25, 0.3) is 0 Å². The molecule has 0 heterocycles. The van der Waals surface area contributed by atoms with Crippen LogP contribution in [0.1, 0.15) is 47.5 Å². The quantitative estimate of drug-likeness (QED) is 0.589. The monoisotopic (exact) mass is 174 g/mol. The van der Waals surface area contributed by atoms with Gasteiger partial charge in [-0.1, -0.05) is 27.7 Å². The molecule has 0 aliphatic rings. The minimum Gasteiger partial charge on any atom is -0.248 e. The van der Waals surface area contributed by atoms with Crippen LogP contribution in [0.15, 0.2) is 0 Å². The summed E-state index contributed by atoms with van der Waals surface area (Å²) in [6, 6.07) is 0. The molecule has 12 heavy (non-hydrogen) atoms. The summed E-state index contributed by atoms with van der Waals surface area (Å²) in [6.07, 6.45) is 1.59. The first-order chi connectivity index (χ1) is 5.43. The Bertz CT molecular complexity index is 108. The Morgan fingerprint density at radius 1 is 0.917 bits per heavy atom. The van der Waals surface area contributed by atoms with Crippen molar-refractivity contribution < 1.29 is 4.39 Å². The van der Waals surface area contributed by atoms with Gasteiger partial charge in [-0.2, -0.15) is 0 Å². The van der Waals surface area contributed by atoms with Crippen molar-refractivity contribution >= 4 is 0 Å². The normalized spacial score (nSPS) is 19.2. The van der Waals surface area contributed by atoms with E-state index in [1.807, 2.05) is 6.92 Å². The second kappa shape index (κ2) is 5.55. The Morgan fingerprint density at radius 3 is 1.75 bits per heavy atom. The summed E-state index contributed by atoms with van der Waals surface area (Å²) >= 11 is 0. The van der Waals surface area contributed by atoms with E-state index < -0.39 is 6.17 Å². The lowest BCUT2D eigenvalue weighted by Gasteiger charge is -2.19. The standard InChI is InChI=1S/C11H23F/c1-8(2)6-9(3)7-10(4)11(5)12/h8-11H,6-7H2,1-5H3. The number of hydrogen-bond acceptors (Lipinski definition) is 0. The van der Waals surface area contributed by atoms with E-state index in [2.05, 4.69) is 20.8 Å². The lowest BCUT2D eigenvalue weighted by molar-refractivity contribution is 0.221. The van der Waals surface area contributed by atoms with Gasteiger partial charge < -0.3 is 0 Å². The average molecular weight is 174 g/mol. The van der Waals surface area contributed by atoms with E-state index in [-0.39, 0.29) is 5.92 Å². The highest BCUT2D eigenvalue weighted by Gasteiger charge is 2.15. The Morgan fingerprint density at radius 2 is 1.42 bits per heavy atom. The maximum atomic E-state index is 12.8. The molecule has 74 valence electrons. The molecule has 0 aromatic heterocycles. The molecule has 0 radical (unpaired) electrons. The van der Waals surface area contributed by atoms with Crippen molar-refractivity contribution in [1.82, 2.24) is 0 Å². The van der Waals surface area contributed by atoms with E-state index in [0.717, 1.165) is 12.3 Å². The molecule has 0 fully saturated rings. The number of alkyl halides is 1. The van der Waals surface area contributed by atoms with Crippen LogP contribution in [0.5, 0.6) is 0 Å². The summed E-state index contributed by atoms with van der Waals surface area (Å²) in [7, 11) is 0. The molecule has 3 unspecified atom stereocenters. The highest BCUT2D eigenvalue weighted by Crippen LogP contribution is 2.22. The van der Waals surface area contributed by atoms with E-state index in [1.165, 1.54) is 6.42 Å². The summed E-state index contributed by atoms with van der Waals surface area (Å²) in [5.41, 5.74) is 0. The van der Waals surface area contributed by atoms with Gasteiger partial charge in [-0.05, 0) is 37.5 Å². The third-order valence-corrected chi connectivity index (χ3v) is 2.43. The van der Waals surface area contributed by atoms with Gasteiger partial charge in [0.1, 0.15) is 0 Å². The fourth-order valence-corrected chi connectivity index (χ4v) is 1.72. The minimum atomic E-state index is -0.653. The number of rotatable bonds is 5. The molecule has 0 N–H and O–H groups in total. The van der Waals surface area contributed by atoms with Crippen LogP contribution in [0.25, 0.3) is 0 Å². The van der Waals surface area contributed by atoms with Crippen molar-refractivity contribution in [3.63, 3.8) is 0 Å². The first kappa shape index (κ1) is 11.9. The van der Waals surface area contributed by atoms with Gasteiger partial charge >= 0.3 is 0 Å². The molecule has 3 atom stereocenters. The van der Waals surface area contributed by atoms with Crippen LogP contribution in [0.4, 0.5) is 4.39 Å². The van der Waals surface area contributed by atoms with Crippen LogP contribution in [0.2, 0.25) is 0 Å². The highest BCUT2D eigenvalue weighted by atomic mass is 19.1. The van der Waals surface area contributed by atoms with Crippen LogP contribution in [-0.2, 0) is 0 Å². The van der Waals surface area contributed by atoms with Crippen LogP contribution in [0.3, 0.4) is 0 Å². The van der Waals surface area contributed by atoms with E-state index >= 15 is 0 Å². The third kappa shape index (κ3) is 5.56. The van der Waals surface area contributed by atoms with Crippen LogP contribution >= 0.6 is 0 Å². The molecule has 0 amide bonds. The van der Waals surface area contributed by atoms with Crippen molar-refractivity contribution in [2.45, 2.75) is 53.6 Å². The zero-order chi connectivity index (χ0) is 9.72. The second-order valence-corrected chi connectivity index (χ2v) is 4.63. The molecule has 0 bridgehead atoms. The van der Waals surface area contributed by atoms with Crippen LogP contribution in [-0.4, -0.2) is 6.17 Å². The van der Waals surface area contributed by atoms with E-state index in [9.17, 15) is 4.39 Å². The lowest BCUT2D eigenvalue weighted by Crippen LogP contribution is -2.13. The largest absolute Gasteiger partial charge is 0.248 e. The van der Waals surface area contributed by atoms with Gasteiger partial charge in [-0.25, -0.2) is 4.39 Å². The zero-order valence-corrected chi connectivity index (χ0v) is 9.10. The minimum absolute atomic E-state index is 0.221. The summed E-state index contributed by atoms with van der Waals surface area (Å²) in [5.74, 6) is 1.62. The van der Waals surface area contributed by atoms with Crippen molar-refractivity contribution in [1.29, 1.82) is 0 Å². The summed E-state index contributed by atoms with van der Waals surface area (Å²) in [6.45, 7) is 10.3. The maximum absolute atomic E-state index is 12.8. The summed E-state index contributed by atoms with van der Waals surface area (Å²) < 4.78 is 12.8. The molecule has 0 saturated carbocycles. The van der Waals surface area contributed by atoms with Crippen molar-refractivity contribution in [3.05, 3.63) is 0 Å². The SMILES string of the molecule is CC(C)CC(C)CC(C)C(C)F. The second-order valence-electron chi connectivity index (χ2n) is 4.63. The van der Waals surface area contributed by atoms with Crippen LogP contribution in [0, 0.1) is 17.8 Å². The van der Waals surface area contributed by atoms with Gasteiger partial charge in [-0.3, -0.25) is 0 Å².